The highest BCUT2D eigenvalue weighted by molar-refractivity contribution is 6.15. The molecule has 0 radical (unpaired) electrons. The maximum absolute atomic E-state index is 11.5. The Hall–Kier alpha value is -4.67. The zero-order valence-electron chi connectivity index (χ0n) is 15.0. The number of carboxylic acids is 4. The molecule has 4 N–H and O–H groups in total. The molecule has 0 saturated carbocycles. The lowest BCUT2D eigenvalue weighted by Gasteiger charge is -2.13. The van der Waals surface area contributed by atoms with E-state index in [1.165, 1.54) is 24.4 Å². The molecular formula is C19H13N3O8. The van der Waals surface area contributed by atoms with Crippen molar-refractivity contribution >= 4 is 23.9 Å². The summed E-state index contributed by atoms with van der Waals surface area (Å²) in [6.07, 6.45) is 4.76. The van der Waals surface area contributed by atoms with Crippen LogP contribution in [0.3, 0.4) is 0 Å². The number of hydrogen-bond donors (Lipinski definition) is 4. The van der Waals surface area contributed by atoms with E-state index in [0.717, 1.165) is 0 Å². The molecule has 0 unspecified atom stereocenters. The van der Waals surface area contributed by atoms with Crippen molar-refractivity contribution in [1.29, 1.82) is 0 Å². The number of aromatic carboxylic acids is 4. The van der Waals surface area contributed by atoms with Gasteiger partial charge in [-0.05, 0) is 24.3 Å². The predicted octanol–water partition coefficient (Wildman–Crippen LogP) is 2.02. The van der Waals surface area contributed by atoms with Gasteiger partial charge in [0.05, 0.1) is 11.3 Å². The topological polar surface area (TPSA) is 188 Å². The monoisotopic (exact) mass is 411 g/mol. The summed E-state index contributed by atoms with van der Waals surface area (Å²) in [5.74, 6) is -7.43. The van der Waals surface area contributed by atoms with Crippen molar-refractivity contribution in [1.82, 2.24) is 15.0 Å². The number of pyridine rings is 3. The van der Waals surface area contributed by atoms with Crippen molar-refractivity contribution in [3.63, 3.8) is 0 Å². The fraction of sp³-hybridized carbons (Fsp3) is 0. The first-order valence-corrected chi connectivity index (χ1v) is 8.03. The van der Waals surface area contributed by atoms with Gasteiger partial charge in [-0.15, -0.1) is 0 Å². The minimum absolute atomic E-state index is 0.114. The van der Waals surface area contributed by atoms with E-state index in [-0.39, 0.29) is 5.69 Å². The molecule has 0 aliphatic heterocycles. The second-order valence-corrected chi connectivity index (χ2v) is 5.39. The SMILES string of the molecule is O=C(O)c1nc(-c2ccccn2)c(C(=O)O)c(C(=O)O)c1C(=O)O.c1ccncc1. The van der Waals surface area contributed by atoms with E-state index in [2.05, 4.69) is 15.0 Å². The van der Waals surface area contributed by atoms with Gasteiger partial charge in [0.1, 0.15) is 16.8 Å². The summed E-state index contributed by atoms with van der Waals surface area (Å²) in [6.45, 7) is 0. The van der Waals surface area contributed by atoms with Gasteiger partial charge in [-0.25, -0.2) is 24.2 Å². The molecule has 0 atom stereocenters. The molecule has 152 valence electrons. The first-order chi connectivity index (χ1) is 14.3. The smallest absolute Gasteiger partial charge is 0.355 e. The molecule has 11 nitrogen and oxygen atoms in total. The third-order valence-corrected chi connectivity index (χ3v) is 3.52. The molecule has 0 spiro atoms. The molecule has 3 heterocycles. The summed E-state index contributed by atoms with van der Waals surface area (Å²) in [7, 11) is 0. The number of carboxylic acid groups (broad SMARTS) is 4. The number of nitrogens with zero attached hydrogens (tertiary/aromatic N) is 3. The molecule has 0 amide bonds. The van der Waals surface area contributed by atoms with Gasteiger partial charge >= 0.3 is 23.9 Å². The van der Waals surface area contributed by atoms with E-state index in [0.29, 0.717) is 0 Å². The van der Waals surface area contributed by atoms with E-state index in [1.807, 2.05) is 18.2 Å². The van der Waals surface area contributed by atoms with Crippen LogP contribution in [-0.2, 0) is 0 Å². The van der Waals surface area contributed by atoms with Crippen LogP contribution in [0.2, 0.25) is 0 Å². The van der Waals surface area contributed by atoms with E-state index in [9.17, 15) is 29.4 Å². The Morgan fingerprint density at radius 3 is 1.57 bits per heavy atom. The number of rotatable bonds is 5. The molecule has 3 aromatic rings. The molecule has 0 aromatic carbocycles. The second-order valence-electron chi connectivity index (χ2n) is 5.39. The first kappa shape index (κ1) is 21.6. The van der Waals surface area contributed by atoms with Gasteiger partial charge in [0.2, 0.25) is 0 Å². The summed E-state index contributed by atoms with van der Waals surface area (Å²) in [5.41, 5.74) is -5.11. The summed E-state index contributed by atoms with van der Waals surface area (Å²) in [6, 6.07) is 9.94. The van der Waals surface area contributed by atoms with Gasteiger partial charge in [-0.1, -0.05) is 12.1 Å². The lowest BCUT2D eigenvalue weighted by molar-refractivity contribution is 0.0616. The minimum Gasteiger partial charge on any atom is -0.478 e. The van der Waals surface area contributed by atoms with E-state index in [4.69, 9.17) is 10.2 Å². The number of carbonyl (C=O) groups is 4. The maximum Gasteiger partial charge on any atom is 0.355 e. The van der Waals surface area contributed by atoms with Gasteiger partial charge in [-0.3, -0.25) is 9.97 Å². The quantitative estimate of drug-likeness (QED) is 0.480. The van der Waals surface area contributed by atoms with Crippen LogP contribution in [0.15, 0.2) is 55.0 Å². The standard InChI is InChI=1S/C14H8N2O8.C5H5N/c17-11(18)6-7(12(19)20)9(5-3-1-2-4-15-5)16-10(14(23)24)8(6)13(21)22;1-2-4-6-5-3-1/h1-4H,(H,17,18)(H,19,20)(H,21,22)(H,23,24);1-5H. The second kappa shape index (κ2) is 9.50. The fourth-order valence-corrected chi connectivity index (χ4v) is 2.37. The molecule has 3 aromatic heterocycles. The highest BCUT2D eigenvalue weighted by Crippen LogP contribution is 2.28. The summed E-state index contributed by atoms with van der Waals surface area (Å²) >= 11 is 0. The Balaban J connectivity index is 0.000000456. The third kappa shape index (κ3) is 4.78. The van der Waals surface area contributed by atoms with Gasteiger partial charge in [0.25, 0.3) is 0 Å². The molecule has 0 fully saturated rings. The lowest BCUT2D eigenvalue weighted by atomic mass is 9.96. The number of aromatic nitrogens is 3. The van der Waals surface area contributed by atoms with Gasteiger partial charge in [0, 0.05) is 18.6 Å². The highest BCUT2D eigenvalue weighted by Gasteiger charge is 2.34. The average Bonchev–Trinajstić information content (AvgIpc) is 2.74. The predicted molar refractivity (Wildman–Crippen MR) is 99.5 cm³/mol. The van der Waals surface area contributed by atoms with Crippen molar-refractivity contribution in [2.75, 3.05) is 0 Å². The van der Waals surface area contributed by atoms with E-state index >= 15 is 0 Å². The molecule has 3 rings (SSSR count). The van der Waals surface area contributed by atoms with Crippen LogP contribution in [0.1, 0.15) is 41.6 Å². The number of hydrogen-bond acceptors (Lipinski definition) is 7. The molecular weight excluding hydrogens is 398 g/mol. The van der Waals surface area contributed by atoms with Crippen LogP contribution < -0.4 is 0 Å². The van der Waals surface area contributed by atoms with Crippen molar-refractivity contribution in [3.8, 4) is 11.4 Å². The van der Waals surface area contributed by atoms with Crippen LogP contribution in [0.25, 0.3) is 11.4 Å². The maximum atomic E-state index is 11.5. The van der Waals surface area contributed by atoms with Crippen molar-refractivity contribution in [3.05, 3.63) is 77.4 Å². The van der Waals surface area contributed by atoms with Crippen LogP contribution in [0.4, 0.5) is 0 Å². The molecule has 0 aliphatic rings. The normalized spacial score (nSPS) is 9.73. The Morgan fingerprint density at radius 2 is 1.20 bits per heavy atom. The van der Waals surface area contributed by atoms with Gasteiger partial charge in [0.15, 0.2) is 5.69 Å². The fourth-order valence-electron chi connectivity index (χ4n) is 2.37. The average molecular weight is 411 g/mol. The Kier molecular flexibility index (Phi) is 6.85. The molecule has 0 bridgehead atoms. The first-order valence-electron chi connectivity index (χ1n) is 8.03. The summed E-state index contributed by atoms with van der Waals surface area (Å²) in [4.78, 5) is 56.7. The summed E-state index contributed by atoms with van der Waals surface area (Å²) in [5, 5.41) is 36.8. The largest absolute Gasteiger partial charge is 0.478 e. The van der Waals surface area contributed by atoms with Crippen LogP contribution >= 0.6 is 0 Å². The Bertz CT molecular complexity index is 1080. The molecule has 11 heteroatoms. The Labute approximate surface area is 167 Å². The third-order valence-electron chi connectivity index (χ3n) is 3.52. The van der Waals surface area contributed by atoms with E-state index in [1.54, 1.807) is 12.4 Å². The van der Waals surface area contributed by atoms with Crippen molar-refractivity contribution < 1.29 is 39.6 Å². The van der Waals surface area contributed by atoms with Gasteiger partial charge < -0.3 is 20.4 Å². The molecule has 30 heavy (non-hydrogen) atoms. The Morgan fingerprint density at radius 1 is 0.633 bits per heavy atom. The van der Waals surface area contributed by atoms with Crippen LogP contribution in [0, 0.1) is 0 Å². The zero-order chi connectivity index (χ0) is 22.3. The zero-order valence-corrected chi connectivity index (χ0v) is 15.0. The molecule has 0 aliphatic carbocycles. The van der Waals surface area contributed by atoms with Gasteiger partial charge in [-0.2, -0.15) is 0 Å². The van der Waals surface area contributed by atoms with Crippen LogP contribution in [0.5, 0.6) is 0 Å². The molecule has 0 saturated heterocycles. The highest BCUT2D eigenvalue weighted by atomic mass is 16.4. The lowest BCUT2D eigenvalue weighted by Crippen LogP contribution is -2.22. The minimum atomic E-state index is -1.92. The van der Waals surface area contributed by atoms with E-state index < -0.39 is 52.0 Å². The van der Waals surface area contributed by atoms with Crippen LogP contribution in [-0.4, -0.2) is 59.3 Å². The summed E-state index contributed by atoms with van der Waals surface area (Å²) < 4.78 is 0. The van der Waals surface area contributed by atoms with Crippen molar-refractivity contribution in [2.45, 2.75) is 0 Å². The van der Waals surface area contributed by atoms with Crippen molar-refractivity contribution in [2.24, 2.45) is 0 Å².